The first kappa shape index (κ1) is 11.7. The van der Waals surface area contributed by atoms with Crippen molar-refractivity contribution in [2.24, 2.45) is 0 Å². The molecule has 0 aliphatic heterocycles. The molecule has 0 aromatic carbocycles. The van der Waals surface area contributed by atoms with E-state index in [4.69, 9.17) is 0 Å². The van der Waals surface area contributed by atoms with Crippen LogP contribution in [0, 0.1) is 47.4 Å². The second-order valence-electron chi connectivity index (χ2n) is 2.21. The smallest absolute Gasteiger partial charge is 0.0000224 e. The van der Waals surface area contributed by atoms with Crippen LogP contribution in [0.1, 0.15) is 13.8 Å². The summed E-state index contributed by atoms with van der Waals surface area (Å²) >= 11 is 0. The molecule has 0 saturated heterocycles. The van der Waals surface area contributed by atoms with Gasteiger partial charge in [-0.3, -0.25) is 0 Å². The molecular formula is C14H10. The van der Waals surface area contributed by atoms with Gasteiger partial charge in [-0.05, 0) is 54.9 Å². The molecule has 0 amide bonds. The molecule has 0 unspecified atom stereocenters. The van der Waals surface area contributed by atoms with Crippen LogP contribution in [0.25, 0.3) is 0 Å². The third-order valence-corrected chi connectivity index (χ3v) is 1.07. The minimum absolute atomic E-state index is 0.926. The second-order valence-corrected chi connectivity index (χ2v) is 2.21. The maximum atomic E-state index is 3.56. The number of hydrogen-bond acceptors (Lipinski definition) is 0. The van der Waals surface area contributed by atoms with Gasteiger partial charge in [0.1, 0.15) is 0 Å². The predicted octanol–water partition coefficient (Wildman–Crippen LogP) is 2.15. The van der Waals surface area contributed by atoms with Gasteiger partial charge in [0.15, 0.2) is 0 Å². The van der Waals surface area contributed by atoms with Gasteiger partial charge >= 0.3 is 0 Å². The van der Waals surface area contributed by atoms with Crippen molar-refractivity contribution in [1.82, 2.24) is 0 Å². The SMILES string of the molecule is C=CC=C(C)C#CC#CC#CC#CC. The lowest BCUT2D eigenvalue weighted by atomic mass is 10.3. The second kappa shape index (κ2) is 8.81. The van der Waals surface area contributed by atoms with Crippen molar-refractivity contribution >= 4 is 0 Å². The number of rotatable bonds is 1. The van der Waals surface area contributed by atoms with Gasteiger partial charge in [-0.1, -0.05) is 30.6 Å². The molecule has 0 saturated carbocycles. The fourth-order valence-corrected chi connectivity index (χ4v) is 0.536. The average molecular weight is 178 g/mol. The molecule has 14 heavy (non-hydrogen) atoms. The van der Waals surface area contributed by atoms with E-state index in [0.717, 1.165) is 5.57 Å². The molecule has 0 fully saturated rings. The Kier molecular flexibility index (Phi) is 7.38. The first-order valence-corrected chi connectivity index (χ1v) is 4.03. The lowest BCUT2D eigenvalue weighted by Gasteiger charge is -1.77. The molecule has 0 aliphatic carbocycles. The van der Waals surface area contributed by atoms with Crippen LogP contribution in [0.3, 0.4) is 0 Å². The first-order chi connectivity index (χ1) is 6.81. The highest BCUT2D eigenvalue weighted by Gasteiger charge is 1.72. The summed E-state index contributed by atoms with van der Waals surface area (Å²) in [6.07, 6.45) is 3.51. The Bertz CT molecular complexity index is 457. The molecule has 0 nitrogen and oxygen atoms in total. The van der Waals surface area contributed by atoms with Gasteiger partial charge in [0.25, 0.3) is 0 Å². The zero-order valence-corrected chi connectivity index (χ0v) is 8.36. The topological polar surface area (TPSA) is 0 Å². The van der Waals surface area contributed by atoms with Crippen molar-refractivity contribution in [2.75, 3.05) is 0 Å². The van der Waals surface area contributed by atoms with Crippen LogP contribution < -0.4 is 0 Å². The van der Waals surface area contributed by atoms with Crippen LogP contribution in [-0.4, -0.2) is 0 Å². The molecule has 0 N–H and O–H groups in total. The van der Waals surface area contributed by atoms with Crippen LogP contribution in [-0.2, 0) is 0 Å². The maximum Gasteiger partial charge on any atom is -0.0000224 e. The highest BCUT2D eigenvalue weighted by molar-refractivity contribution is 5.42. The maximum absolute atomic E-state index is 3.56. The fraction of sp³-hybridized carbons (Fsp3) is 0.143. The summed E-state index contributed by atoms with van der Waals surface area (Å²) in [4.78, 5) is 0. The highest BCUT2D eigenvalue weighted by Crippen LogP contribution is 1.87. The van der Waals surface area contributed by atoms with Crippen LogP contribution >= 0.6 is 0 Å². The van der Waals surface area contributed by atoms with Crippen molar-refractivity contribution in [2.45, 2.75) is 13.8 Å². The highest BCUT2D eigenvalue weighted by atomic mass is 13.8. The normalized spacial score (nSPS) is 7.14. The Labute approximate surface area is 86.1 Å². The van der Waals surface area contributed by atoms with Crippen molar-refractivity contribution < 1.29 is 0 Å². The van der Waals surface area contributed by atoms with Crippen LogP contribution in [0.2, 0.25) is 0 Å². The average Bonchev–Trinajstić information content (AvgIpc) is 2.17. The Balaban J connectivity index is 4.29. The van der Waals surface area contributed by atoms with Crippen LogP contribution in [0.5, 0.6) is 0 Å². The summed E-state index contributed by atoms with van der Waals surface area (Å²) in [6.45, 7) is 7.18. The monoisotopic (exact) mass is 178 g/mol. The molecule has 0 spiro atoms. The zero-order valence-electron chi connectivity index (χ0n) is 8.36. The van der Waals surface area contributed by atoms with Crippen LogP contribution in [0.15, 0.2) is 24.3 Å². The molecule has 0 heterocycles. The van der Waals surface area contributed by atoms with E-state index in [-0.39, 0.29) is 0 Å². The lowest BCUT2D eigenvalue weighted by molar-refractivity contribution is 1.58. The van der Waals surface area contributed by atoms with Gasteiger partial charge in [-0.2, -0.15) is 0 Å². The Morgan fingerprint density at radius 3 is 2.14 bits per heavy atom. The van der Waals surface area contributed by atoms with Crippen LogP contribution in [0.4, 0.5) is 0 Å². The third kappa shape index (κ3) is 7.82. The molecule has 0 atom stereocenters. The van der Waals surface area contributed by atoms with Gasteiger partial charge in [0.2, 0.25) is 0 Å². The summed E-state index contributed by atoms with van der Waals surface area (Å²) in [6, 6.07) is 0. The standard InChI is InChI=1S/C14H10/c1-4-6-7-8-9-10-11-13-14(3)12-5-2/h5,12H,2H2,1,3H3. The van der Waals surface area contributed by atoms with Crippen molar-refractivity contribution in [3.05, 3.63) is 24.3 Å². The molecule has 0 aromatic rings. The van der Waals surface area contributed by atoms with E-state index in [0.29, 0.717) is 0 Å². The summed E-state index contributed by atoms with van der Waals surface area (Å²) in [5.41, 5.74) is 0.926. The van der Waals surface area contributed by atoms with E-state index in [1.165, 1.54) is 0 Å². The Hall–Kier alpha value is -2.28. The van der Waals surface area contributed by atoms with Gasteiger partial charge in [-0.25, -0.2) is 0 Å². The zero-order chi connectivity index (χ0) is 10.6. The molecule has 0 radical (unpaired) electrons. The summed E-state index contributed by atoms with van der Waals surface area (Å²) < 4.78 is 0. The van der Waals surface area contributed by atoms with Gasteiger partial charge in [-0.15, -0.1) is 0 Å². The van der Waals surface area contributed by atoms with Crippen molar-refractivity contribution in [1.29, 1.82) is 0 Å². The summed E-state index contributed by atoms with van der Waals surface area (Å²) in [7, 11) is 0. The van der Waals surface area contributed by atoms with E-state index >= 15 is 0 Å². The molecule has 0 aliphatic rings. The number of allylic oxidation sites excluding steroid dienone is 3. The summed E-state index contributed by atoms with van der Waals surface area (Å²) in [5, 5.41) is 0. The Morgan fingerprint density at radius 2 is 1.57 bits per heavy atom. The van der Waals surface area contributed by atoms with Gasteiger partial charge in [0.05, 0.1) is 0 Å². The van der Waals surface area contributed by atoms with Gasteiger partial charge < -0.3 is 0 Å². The van der Waals surface area contributed by atoms with E-state index in [9.17, 15) is 0 Å². The molecule has 0 rings (SSSR count). The molecule has 0 heteroatoms. The molecule has 0 bridgehead atoms. The minimum atomic E-state index is 0.926. The van der Waals surface area contributed by atoms with E-state index in [1.807, 2.05) is 13.0 Å². The van der Waals surface area contributed by atoms with E-state index in [2.05, 4.69) is 53.9 Å². The quantitative estimate of drug-likeness (QED) is 0.426. The molecule has 0 aromatic heterocycles. The lowest BCUT2D eigenvalue weighted by Crippen LogP contribution is -1.64. The summed E-state index contributed by atoms with van der Waals surface area (Å²) in [5.74, 6) is 21.0. The van der Waals surface area contributed by atoms with E-state index in [1.54, 1.807) is 13.0 Å². The number of hydrogen-bond donors (Lipinski definition) is 0. The molecule has 66 valence electrons. The third-order valence-electron chi connectivity index (χ3n) is 1.07. The largest absolute Gasteiger partial charge is 0.0990 e. The van der Waals surface area contributed by atoms with Gasteiger partial charge in [0, 0.05) is 0 Å². The Morgan fingerprint density at radius 1 is 1.00 bits per heavy atom. The minimum Gasteiger partial charge on any atom is -0.0990 e. The molecular weight excluding hydrogens is 168 g/mol. The van der Waals surface area contributed by atoms with Crippen molar-refractivity contribution in [3.63, 3.8) is 0 Å². The first-order valence-electron chi connectivity index (χ1n) is 4.03. The van der Waals surface area contributed by atoms with Crippen molar-refractivity contribution in [3.8, 4) is 47.4 Å². The van der Waals surface area contributed by atoms with E-state index < -0.39 is 0 Å². The fourth-order valence-electron chi connectivity index (χ4n) is 0.536. The predicted molar refractivity (Wildman–Crippen MR) is 60.7 cm³/mol.